The van der Waals surface area contributed by atoms with Crippen LogP contribution in [0, 0.1) is 17.2 Å². The topological polar surface area (TPSA) is 9.23 Å². The van der Waals surface area contributed by atoms with Crippen LogP contribution in [0.4, 0.5) is 4.39 Å². The summed E-state index contributed by atoms with van der Waals surface area (Å²) in [6.45, 7) is 0.768. The van der Waals surface area contributed by atoms with Gasteiger partial charge in [0, 0.05) is 17.9 Å². The van der Waals surface area contributed by atoms with Gasteiger partial charge in [-0.15, -0.1) is 11.6 Å². The molecule has 1 aliphatic heterocycles. The molecule has 0 N–H and O–H groups in total. The second-order valence-corrected chi connectivity index (χ2v) is 6.47. The van der Waals surface area contributed by atoms with Crippen LogP contribution in [0.2, 0.25) is 5.02 Å². The maximum absolute atomic E-state index is 13.6. The van der Waals surface area contributed by atoms with Crippen LogP contribution < -0.4 is 0 Å². The molecule has 0 radical (unpaired) electrons. The monoisotopic (exact) mass is 302 g/mol. The van der Waals surface area contributed by atoms with Crippen LogP contribution in [0.15, 0.2) is 18.2 Å². The number of benzene rings is 1. The first-order valence-corrected chi connectivity index (χ1v) is 7.67. The number of hydrogen-bond donors (Lipinski definition) is 0. The maximum atomic E-state index is 13.6. The Hall–Kier alpha value is -0.310. The summed E-state index contributed by atoms with van der Waals surface area (Å²) in [5.74, 6) is 0.863. The van der Waals surface area contributed by atoms with Crippen LogP contribution in [0.3, 0.4) is 0 Å². The fourth-order valence-corrected chi connectivity index (χ4v) is 3.68. The third-order valence-corrected chi connectivity index (χ3v) is 5.20. The normalized spacial score (nSPS) is 30.8. The predicted octanol–water partition coefficient (Wildman–Crippen LogP) is 4.45. The lowest BCUT2D eigenvalue weighted by atomic mass is 9.76. The summed E-state index contributed by atoms with van der Waals surface area (Å²) in [6.07, 6.45) is 4.44. The summed E-state index contributed by atoms with van der Waals surface area (Å²) in [7, 11) is 0. The molecular formula is C15H17Cl2FO. The SMILES string of the molecule is Fc1cc(CC2(CCl)CCOC2C2CC2)ccc1Cl. The average Bonchev–Trinajstić information content (AvgIpc) is 3.16. The van der Waals surface area contributed by atoms with E-state index in [1.165, 1.54) is 18.9 Å². The minimum Gasteiger partial charge on any atom is -0.377 e. The number of ether oxygens (including phenoxy) is 1. The van der Waals surface area contributed by atoms with E-state index in [-0.39, 0.29) is 22.4 Å². The first-order chi connectivity index (χ1) is 9.14. The maximum Gasteiger partial charge on any atom is 0.142 e. The second kappa shape index (κ2) is 5.23. The molecule has 104 valence electrons. The Morgan fingerprint density at radius 3 is 2.79 bits per heavy atom. The fraction of sp³-hybridized carbons (Fsp3) is 0.600. The van der Waals surface area contributed by atoms with E-state index in [1.807, 2.05) is 6.07 Å². The zero-order valence-electron chi connectivity index (χ0n) is 10.7. The minimum atomic E-state index is -0.356. The van der Waals surface area contributed by atoms with Crippen LogP contribution >= 0.6 is 23.2 Å². The van der Waals surface area contributed by atoms with Crippen molar-refractivity contribution in [2.24, 2.45) is 11.3 Å². The highest BCUT2D eigenvalue weighted by Crippen LogP contribution is 2.50. The van der Waals surface area contributed by atoms with Crippen LogP contribution in [-0.4, -0.2) is 18.6 Å². The summed E-state index contributed by atoms with van der Waals surface area (Å²) in [5.41, 5.74) is 0.918. The van der Waals surface area contributed by atoms with E-state index in [0.29, 0.717) is 11.8 Å². The summed E-state index contributed by atoms with van der Waals surface area (Å²) in [4.78, 5) is 0. The molecule has 4 heteroatoms. The van der Waals surface area contributed by atoms with E-state index in [0.717, 1.165) is 25.0 Å². The van der Waals surface area contributed by atoms with Crippen molar-refractivity contribution in [2.45, 2.75) is 31.8 Å². The Bertz CT molecular complexity index is 475. The molecule has 0 amide bonds. The Morgan fingerprint density at radius 2 is 2.16 bits per heavy atom. The van der Waals surface area contributed by atoms with Crippen LogP contribution in [0.5, 0.6) is 0 Å². The third kappa shape index (κ3) is 2.63. The van der Waals surface area contributed by atoms with Crippen molar-refractivity contribution in [2.75, 3.05) is 12.5 Å². The smallest absolute Gasteiger partial charge is 0.142 e. The van der Waals surface area contributed by atoms with Gasteiger partial charge in [0.1, 0.15) is 5.82 Å². The third-order valence-electron chi connectivity index (χ3n) is 4.36. The van der Waals surface area contributed by atoms with Gasteiger partial charge in [0.2, 0.25) is 0 Å². The zero-order chi connectivity index (χ0) is 13.5. The van der Waals surface area contributed by atoms with E-state index < -0.39 is 0 Å². The van der Waals surface area contributed by atoms with Gasteiger partial charge in [-0.3, -0.25) is 0 Å². The fourth-order valence-electron chi connectivity index (χ4n) is 3.18. The predicted molar refractivity (Wildman–Crippen MR) is 75.3 cm³/mol. The van der Waals surface area contributed by atoms with Gasteiger partial charge in [-0.2, -0.15) is 0 Å². The largest absolute Gasteiger partial charge is 0.377 e. The lowest BCUT2D eigenvalue weighted by Crippen LogP contribution is -2.36. The van der Waals surface area contributed by atoms with Crippen molar-refractivity contribution in [1.29, 1.82) is 0 Å². The number of rotatable bonds is 4. The average molecular weight is 303 g/mol. The van der Waals surface area contributed by atoms with Crippen molar-refractivity contribution < 1.29 is 9.13 Å². The van der Waals surface area contributed by atoms with Gasteiger partial charge in [-0.1, -0.05) is 17.7 Å². The zero-order valence-corrected chi connectivity index (χ0v) is 12.2. The molecule has 3 rings (SSSR count). The molecule has 1 aromatic rings. The van der Waals surface area contributed by atoms with Gasteiger partial charge in [-0.05, 0) is 49.3 Å². The molecule has 2 atom stereocenters. The van der Waals surface area contributed by atoms with Gasteiger partial charge in [-0.25, -0.2) is 4.39 Å². The van der Waals surface area contributed by atoms with Crippen molar-refractivity contribution in [3.8, 4) is 0 Å². The highest BCUT2D eigenvalue weighted by Gasteiger charge is 2.50. The number of alkyl halides is 1. The summed E-state index contributed by atoms with van der Waals surface area (Å²) >= 11 is 12.0. The lowest BCUT2D eigenvalue weighted by Gasteiger charge is -2.32. The van der Waals surface area contributed by atoms with Crippen molar-refractivity contribution in [3.05, 3.63) is 34.6 Å². The Kier molecular flexibility index (Phi) is 3.76. The molecule has 1 saturated heterocycles. The van der Waals surface area contributed by atoms with Crippen LogP contribution in [0.25, 0.3) is 0 Å². The van der Waals surface area contributed by atoms with Gasteiger partial charge in [0.25, 0.3) is 0 Å². The van der Waals surface area contributed by atoms with Gasteiger partial charge < -0.3 is 4.74 Å². The van der Waals surface area contributed by atoms with Gasteiger partial charge in [0.15, 0.2) is 0 Å². The van der Waals surface area contributed by atoms with E-state index in [4.69, 9.17) is 27.9 Å². The lowest BCUT2D eigenvalue weighted by molar-refractivity contribution is 0.0403. The molecular weight excluding hydrogens is 286 g/mol. The Morgan fingerprint density at radius 1 is 1.37 bits per heavy atom. The Balaban J connectivity index is 1.83. The second-order valence-electron chi connectivity index (χ2n) is 5.80. The van der Waals surface area contributed by atoms with E-state index in [2.05, 4.69) is 0 Å². The molecule has 2 unspecified atom stereocenters. The first-order valence-electron chi connectivity index (χ1n) is 6.76. The first kappa shape index (κ1) is 13.7. The molecule has 0 spiro atoms. The Labute approximate surface area is 123 Å². The van der Waals surface area contributed by atoms with E-state index in [9.17, 15) is 4.39 Å². The molecule has 19 heavy (non-hydrogen) atoms. The summed E-state index contributed by atoms with van der Waals surface area (Å²) in [6, 6.07) is 5.04. The molecule has 1 saturated carbocycles. The number of halogens is 3. The highest BCUT2D eigenvalue weighted by atomic mass is 35.5. The quantitative estimate of drug-likeness (QED) is 0.747. The molecule has 0 aromatic heterocycles. The molecule has 1 aromatic carbocycles. The minimum absolute atomic E-state index is 0.0387. The van der Waals surface area contributed by atoms with Crippen molar-refractivity contribution in [1.82, 2.24) is 0 Å². The summed E-state index contributed by atoms with van der Waals surface area (Å²) in [5, 5.41) is 0.171. The molecule has 2 fully saturated rings. The highest BCUT2D eigenvalue weighted by molar-refractivity contribution is 6.30. The molecule has 2 aliphatic rings. The van der Waals surface area contributed by atoms with Crippen molar-refractivity contribution in [3.63, 3.8) is 0 Å². The molecule has 1 heterocycles. The van der Waals surface area contributed by atoms with Gasteiger partial charge >= 0.3 is 0 Å². The van der Waals surface area contributed by atoms with Crippen LogP contribution in [-0.2, 0) is 11.2 Å². The summed E-state index contributed by atoms with van der Waals surface area (Å²) < 4.78 is 19.5. The number of hydrogen-bond acceptors (Lipinski definition) is 1. The van der Waals surface area contributed by atoms with E-state index in [1.54, 1.807) is 6.07 Å². The standard InChI is InChI=1S/C15H17Cl2FO/c16-9-15(5-6-19-14(15)11-2-3-11)8-10-1-4-12(17)13(18)7-10/h1,4,7,11,14H,2-3,5-6,8-9H2. The van der Waals surface area contributed by atoms with E-state index >= 15 is 0 Å². The van der Waals surface area contributed by atoms with Crippen molar-refractivity contribution >= 4 is 23.2 Å². The van der Waals surface area contributed by atoms with Crippen LogP contribution in [0.1, 0.15) is 24.8 Å². The van der Waals surface area contributed by atoms with Gasteiger partial charge in [0.05, 0.1) is 11.1 Å². The molecule has 1 nitrogen and oxygen atoms in total. The molecule has 0 bridgehead atoms. The molecule has 1 aliphatic carbocycles.